The summed E-state index contributed by atoms with van der Waals surface area (Å²) in [7, 11) is 0. The van der Waals surface area contributed by atoms with Gasteiger partial charge in [0, 0.05) is 19.5 Å². The fraction of sp³-hybridized carbons (Fsp3) is 0.478. The lowest BCUT2D eigenvalue weighted by Crippen LogP contribution is -2.53. The normalized spacial score (nSPS) is 17.1. The first kappa shape index (κ1) is 20.2. The number of hydrogen-bond donors (Lipinski definition) is 1. The second-order valence-electron chi connectivity index (χ2n) is 7.56. The maximum absolute atomic E-state index is 13.1. The molecule has 1 aromatic carbocycles. The minimum atomic E-state index is -0.517. The number of nitrogens with one attached hydrogen (secondary N) is 1. The van der Waals surface area contributed by atoms with Crippen LogP contribution >= 0.6 is 0 Å². The maximum Gasteiger partial charge on any atom is 0.290 e. The van der Waals surface area contributed by atoms with Crippen LogP contribution in [0.25, 0.3) is 0 Å². The zero-order chi connectivity index (χ0) is 19.9. The number of carbonyl (C=O) groups excluding carboxylic acids is 2. The maximum atomic E-state index is 13.1. The van der Waals surface area contributed by atoms with Gasteiger partial charge in [0.05, 0.1) is 6.26 Å². The first-order valence-corrected chi connectivity index (χ1v) is 10.3. The molecule has 2 aromatic rings. The minimum Gasteiger partial charge on any atom is -0.459 e. The fourth-order valence-electron chi connectivity index (χ4n) is 3.82. The van der Waals surface area contributed by atoms with Crippen molar-refractivity contribution in [3.8, 4) is 0 Å². The lowest BCUT2D eigenvalue weighted by Gasteiger charge is -2.35. The number of rotatable bonds is 8. The molecule has 1 aliphatic heterocycles. The van der Waals surface area contributed by atoms with E-state index in [4.69, 9.17) is 4.42 Å². The Morgan fingerprint density at radius 3 is 2.64 bits per heavy atom. The molecule has 150 valence electrons. The average Bonchev–Trinajstić information content (AvgIpc) is 3.27. The van der Waals surface area contributed by atoms with Gasteiger partial charge in [0.25, 0.3) is 5.91 Å². The van der Waals surface area contributed by atoms with Gasteiger partial charge in [0.2, 0.25) is 5.91 Å². The summed E-state index contributed by atoms with van der Waals surface area (Å²) in [4.78, 5) is 27.7. The van der Waals surface area contributed by atoms with E-state index in [0.717, 1.165) is 30.4 Å². The first-order chi connectivity index (χ1) is 13.6. The molecule has 0 bridgehead atoms. The molecule has 28 heavy (non-hydrogen) atoms. The summed E-state index contributed by atoms with van der Waals surface area (Å²) in [6, 6.07) is 10.8. The van der Waals surface area contributed by atoms with E-state index in [-0.39, 0.29) is 17.6 Å². The molecule has 0 fully saturated rings. The molecule has 5 heteroatoms. The number of nitrogens with zero attached hydrogens (tertiary/aromatic N) is 1. The van der Waals surface area contributed by atoms with Crippen LogP contribution in [0.5, 0.6) is 0 Å². The molecule has 3 rings (SSSR count). The summed E-state index contributed by atoms with van der Waals surface area (Å²) in [5.74, 6) is 0.433. The van der Waals surface area contributed by atoms with Crippen LogP contribution in [0.1, 0.15) is 61.2 Å². The van der Waals surface area contributed by atoms with E-state index in [0.29, 0.717) is 25.4 Å². The molecule has 2 unspecified atom stereocenters. The Balaban J connectivity index is 1.75. The smallest absolute Gasteiger partial charge is 0.290 e. The van der Waals surface area contributed by atoms with E-state index in [1.165, 1.54) is 12.7 Å². The van der Waals surface area contributed by atoms with Crippen molar-refractivity contribution in [3.05, 3.63) is 59.5 Å². The van der Waals surface area contributed by atoms with Crippen LogP contribution in [0.3, 0.4) is 0 Å². The Hall–Kier alpha value is -2.56. The Morgan fingerprint density at radius 2 is 1.96 bits per heavy atom. The van der Waals surface area contributed by atoms with Gasteiger partial charge in [-0.1, -0.05) is 57.4 Å². The molecule has 1 aliphatic rings. The van der Waals surface area contributed by atoms with Crippen LogP contribution in [0, 0.1) is 5.92 Å². The lowest BCUT2D eigenvalue weighted by molar-refractivity contribution is -0.126. The third-order valence-corrected chi connectivity index (χ3v) is 5.65. The molecule has 1 aromatic heterocycles. The van der Waals surface area contributed by atoms with Crippen molar-refractivity contribution in [2.24, 2.45) is 5.92 Å². The zero-order valence-electron chi connectivity index (χ0n) is 16.8. The fourth-order valence-corrected chi connectivity index (χ4v) is 3.82. The van der Waals surface area contributed by atoms with Crippen molar-refractivity contribution in [2.45, 2.75) is 58.5 Å². The van der Waals surface area contributed by atoms with Gasteiger partial charge in [0.15, 0.2) is 5.76 Å². The molecular weight excluding hydrogens is 352 g/mol. The van der Waals surface area contributed by atoms with Crippen molar-refractivity contribution in [1.29, 1.82) is 0 Å². The highest BCUT2D eigenvalue weighted by atomic mass is 16.3. The van der Waals surface area contributed by atoms with Gasteiger partial charge in [-0.3, -0.25) is 9.59 Å². The van der Waals surface area contributed by atoms with Crippen molar-refractivity contribution >= 4 is 11.8 Å². The number of benzene rings is 1. The third kappa shape index (κ3) is 4.64. The Bertz CT molecular complexity index is 785. The van der Waals surface area contributed by atoms with Gasteiger partial charge >= 0.3 is 0 Å². The molecule has 2 amide bonds. The molecule has 2 atom stereocenters. The predicted molar refractivity (Wildman–Crippen MR) is 109 cm³/mol. The van der Waals surface area contributed by atoms with Gasteiger partial charge in [-0.25, -0.2) is 0 Å². The summed E-state index contributed by atoms with van der Waals surface area (Å²) in [6.45, 7) is 5.43. The third-order valence-electron chi connectivity index (χ3n) is 5.65. The molecule has 0 saturated carbocycles. The molecule has 0 aliphatic carbocycles. The molecule has 5 nitrogen and oxygen atoms in total. The van der Waals surface area contributed by atoms with Crippen LogP contribution in [0.4, 0.5) is 0 Å². The number of unbranched alkanes of at least 4 members (excludes halogenated alkanes) is 1. The summed E-state index contributed by atoms with van der Waals surface area (Å²) in [5.41, 5.74) is 2.21. The highest BCUT2D eigenvalue weighted by Crippen LogP contribution is 2.25. The standard InChI is InChI=1S/C23H30N2O3/c1-3-5-9-17(4-2)15-24-22(26)20-14-18-10-6-7-11-19(18)16-25(20)23(27)21-12-8-13-28-21/h6-8,10-13,17,20H,3-5,9,14-16H2,1-2H3,(H,24,26). The van der Waals surface area contributed by atoms with Crippen LogP contribution in [-0.4, -0.2) is 29.3 Å². The Kier molecular flexibility index (Phi) is 6.90. The summed E-state index contributed by atoms with van der Waals surface area (Å²) in [6.07, 6.45) is 6.52. The second-order valence-corrected chi connectivity index (χ2v) is 7.56. The quantitative estimate of drug-likeness (QED) is 0.745. The molecule has 0 spiro atoms. The average molecular weight is 383 g/mol. The van der Waals surface area contributed by atoms with Crippen LogP contribution in [0.15, 0.2) is 47.1 Å². The second kappa shape index (κ2) is 9.58. The van der Waals surface area contributed by atoms with Crippen molar-refractivity contribution in [1.82, 2.24) is 10.2 Å². The van der Waals surface area contributed by atoms with E-state index in [2.05, 4.69) is 19.2 Å². The van der Waals surface area contributed by atoms with Crippen LogP contribution in [0.2, 0.25) is 0 Å². The van der Waals surface area contributed by atoms with E-state index < -0.39 is 6.04 Å². The number of carbonyl (C=O) groups is 2. The molecular formula is C23H30N2O3. The van der Waals surface area contributed by atoms with Crippen LogP contribution in [-0.2, 0) is 17.8 Å². The van der Waals surface area contributed by atoms with Gasteiger partial charge in [-0.15, -0.1) is 0 Å². The number of furan rings is 1. The van der Waals surface area contributed by atoms with E-state index >= 15 is 0 Å². The van der Waals surface area contributed by atoms with Gasteiger partial charge in [0.1, 0.15) is 6.04 Å². The van der Waals surface area contributed by atoms with E-state index in [9.17, 15) is 9.59 Å². The van der Waals surface area contributed by atoms with Gasteiger partial charge < -0.3 is 14.6 Å². The summed E-state index contributed by atoms with van der Waals surface area (Å²) < 4.78 is 5.30. The molecule has 2 heterocycles. The largest absolute Gasteiger partial charge is 0.459 e. The predicted octanol–water partition coefficient (Wildman–Crippen LogP) is 4.18. The lowest BCUT2D eigenvalue weighted by atomic mass is 9.92. The van der Waals surface area contributed by atoms with Crippen molar-refractivity contribution < 1.29 is 14.0 Å². The SMILES string of the molecule is CCCCC(CC)CNC(=O)C1Cc2ccccc2CN1C(=O)c1ccco1. The zero-order valence-corrected chi connectivity index (χ0v) is 16.8. The molecule has 0 radical (unpaired) electrons. The highest BCUT2D eigenvalue weighted by molar-refractivity contribution is 5.96. The van der Waals surface area contributed by atoms with E-state index in [1.54, 1.807) is 17.0 Å². The van der Waals surface area contributed by atoms with Crippen molar-refractivity contribution in [3.63, 3.8) is 0 Å². The number of hydrogen-bond acceptors (Lipinski definition) is 3. The van der Waals surface area contributed by atoms with Crippen LogP contribution < -0.4 is 5.32 Å². The number of amides is 2. The number of fused-ring (bicyclic) bond motifs is 1. The summed E-state index contributed by atoms with van der Waals surface area (Å²) in [5, 5.41) is 3.11. The first-order valence-electron chi connectivity index (χ1n) is 10.3. The van der Waals surface area contributed by atoms with E-state index in [1.807, 2.05) is 24.3 Å². The highest BCUT2D eigenvalue weighted by Gasteiger charge is 2.35. The summed E-state index contributed by atoms with van der Waals surface area (Å²) >= 11 is 0. The monoisotopic (exact) mass is 382 g/mol. The topological polar surface area (TPSA) is 62.6 Å². The Morgan fingerprint density at radius 1 is 1.18 bits per heavy atom. The Labute approximate surface area is 167 Å². The van der Waals surface area contributed by atoms with Gasteiger partial charge in [-0.2, -0.15) is 0 Å². The van der Waals surface area contributed by atoms with Crippen molar-refractivity contribution in [2.75, 3.05) is 6.54 Å². The molecule has 0 saturated heterocycles. The molecule has 1 N–H and O–H groups in total. The van der Waals surface area contributed by atoms with Gasteiger partial charge in [-0.05, 0) is 35.6 Å². The minimum absolute atomic E-state index is 0.0793.